The summed E-state index contributed by atoms with van der Waals surface area (Å²) >= 11 is 0. The first kappa shape index (κ1) is 21.7. The standard InChI is InChI=1S/C23H32N4O3/c1-5-26(6-2)22-12-9-17(15-24-22)16-25-23(28)27-13-7-8-20(27)19-11-10-18(29-3)14-21(19)30-4/h9-12,14-15,20H,5-8,13,16H2,1-4H3,(H,25,28). The van der Waals surface area contributed by atoms with Crippen molar-refractivity contribution in [3.63, 3.8) is 0 Å². The second-order valence-corrected chi connectivity index (χ2v) is 7.31. The highest BCUT2D eigenvalue weighted by Crippen LogP contribution is 2.38. The van der Waals surface area contributed by atoms with Crippen molar-refractivity contribution in [2.24, 2.45) is 0 Å². The number of anilines is 1. The minimum absolute atomic E-state index is 0.00553. The number of pyridine rings is 1. The van der Waals surface area contributed by atoms with E-state index in [0.29, 0.717) is 6.54 Å². The summed E-state index contributed by atoms with van der Waals surface area (Å²) in [5, 5.41) is 3.05. The normalized spacial score (nSPS) is 15.7. The molecular weight excluding hydrogens is 380 g/mol. The summed E-state index contributed by atoms with van der Waals surface area (Å²) in [6, 6.07) is 9.73. The van der Waals surface area contributed by atoms with Crippen LogP contribution in [0.25, 0.3) is 0 Å². The molecule has 1 unspecified atom stereocenters. The fourth-order valence-corrected chi connectivity index (χ4v) is 3.96. The lowest BCUT2D eigenvalue weighted by molar-refractivity contribution is 0.191. The van der Waals surface area contributed by atoms with Gasteiger partial charge in [0.15, 0.2) is 0 Å². The van der Waals surface area contributed by atoms with Gasteiger partial charge in [-0.1, -0.05) is 6.07 Å². The van der Waals surface area contributed by atoms with Gasteiger partial charge in [-0.15, -0.1) is 0 Å². The Labute approximate surface area is 179 Å². The number of hydrogen-bond donors (Lipinski definition) is 1. The second-order valence-electron chi connectivity index (χ2n) is 7.31. The van der Waals surface area contributed by atoms with E-state index in [1.165, 1.54) is 0 Å². The van der Waals surface area contributed by atoms with E-state index in [1.54, 1.807) is 14.2 Å². The highest BCUT2D eigenvalue weighted by molar-refractivity contribution is 5.75. The maximum Gasteiger partial charge on any atom is 0.318 e. The molecule has 1 saturated heterocycles. The number of amides is 2. The highest BCUT2D eigenvalue weighted by Gasteiger charge is 2.32. The third kappa shape index (κ3) is 4.78. The maximum atomic E-state index is 12.9. The van der Waals surface area contributed by atoms with Crippen LogP contribution in [-0.4, -0.2) is 49.8 Å². The predicted octanol–water partition coefficient (Wildman–Crippen LogP) is 3.99. The Morgan fingerprint density at radius 3 is 2.63 bits per heavy atom. The van der Waals surface area contributed by atoms with E-state index < -0.39 is 0 Å². The SMILES string of the molecule is CCN(CC)c1ccc(CNC(=O)N2CCCC2c2ccc(OC)cc2OC)cn1. The van der Waals surface area contributed by atoms with E-state index >= 15 is 0 Å². The molecule has 0 bridgehead atoms. The van der Waals surface area contributed by atoms with E-state index in [4.69, 9.17) is 9.47 Å². The van der Waals surface area contributed by atoms with Crippen molar-refractivity contribution in [1.29, 1.82) is 0 Å². The zero-order valence-corrected chi connectivity index (χ0v) is 18.4. The fraction of sp³-hybridized carbons (Fsp3) is 0.478. The number of benzene rings is 1. The molecule has 1 N–H and O–H groups in total. The molecule has 2 aromatic rings. The van der Waals surface area contributed by atoms with Crippen molar-refractivity contribution >= 4 is 11.8 Å². The first-order chi connectivity index (χ1) is 14.6. The van der Waals surface area contributed by atoms with Crippen LogP contribution in [0.4, 0.5) is 10.6 Å². The van der Waals surface area contributed by atoms with Crippen LogP contribution in [0.2, 0.25) is 0 Å². The largest absolute Gasteiger partial charge is 0.497 e. The quantitative estimate of drug-likeness (QED) is 0.710. The summed E-state index contributed by atoms with van der Waals surface area (Å²) in [5.41, 5.74) is 1.99. The number of ether oxygens (including phenoxy) is 2. The van der Waals surface area contributed by atoms with Crippen molar-refractivity contribution in [3.8, 4) is 11.5 Å². The molecule has 162 valence electrons. The van der Waals surface area contributed by atoms with Crippen LogP contribution >= 0.6 is 0 Å². The average molecular weight is 413 g/mol. The topological polar surface area (TPSA) is 66.9 Å². The Morgan fingerprint density at radius 1 is 1.20 bits per heavy atom. The van der Waals surface area contributed by atoms with E-state index in [9.17, 15) is 4.79 Å². The molecule has 1 aromatic heterocycles. The molecule has 1 atom stereocenters. The number of aromatic nitrogens is 1. The number of carbonyl (C=O) groups excluding carboxylic acids is 1. The first-order valence-corrected chi connectivity index (χ1v) is 10.6. The van der Waals surface area contributed by atoms with Gasteiger partial charge < -0.3 is 24.6 Å². The summed E-state index contributed by atoms with van der Waals surface area (Å²) in [5.74, 6) is 2.45. The highest BCUT2D eigenvalue weighted by atomic mass is 16.5. The minimum atomic E-state index is -0.0665. The maximum absolute atomic E-state index is 12.9. The number of urea groups is 1. The lowest BCUT2D eigenvalue weighted by atomic mass is 10.0. The van der Waals surface area contributed by atoms with Crippen molar-refractivity contribution in [1.82, 2.24) is 15.2 Å². The van der Waals surface area contributed by atoms with Gasteiger partial charge in [-0.2, -0.15) is 0 Å². The lowest BCUT2D eigenvalue weighted by Gasteiger charge is -2.27. The molecule has 0 spiro atoms. The summed E-state index contributed by atoms with van der Waals surface area (Å²) < 4.78 is 10.8. The summed E-state index contributed by atoms with van der Waals surface area (Å²) in [6.07, 6.45) is 3.71. The molecule has 0 radical (unpaired) electrons. The Morgan fingerprint density at radius 2 is 2.00 bits per heavy atom. The van der Waals surface area contributed by atoms with Gasteiger partial charge in [0, 0.05) is 44.0 Å². The van der Waals surface area contributed by atoms with Crippen LogP contribution in [-0.2, 0) is 6.54 Å². The molecule has 1 aliphatic rings. The molecule has 30 heavy (non-hydrogen) atoms. The number of nitrogens with one attached hydrogen (secondary N) is 1. The Kier molecular flexibility index (Phi) is 7.38. The van der Waals surface area contributed by atoms with Crippen molar-refractivity contribution in [2.45, 2.75) is 39.3 Å². The van der Waals surface area contributed by atoms with E-state index in [2.05, 4.69) is 29.0 Å². The van der Waals surface area contributed by atoms with Crippen LogP contribution in [0.15, 0.2) is 36.5 Å². The van der Waals surface area contributed by atoms with Gasteiger partial charge in [0.2, 0.25) is 0 Å². The molecule has 1 fully saturated rings. The van der Waals surface area contributed by atoms with Gasteiger partial charge >= 0.3 is 6.03 Å². The van der Waals surface area contributed by atoms with E-state index in [-0.39, 0.29) is 12.1 Å². The third-order valence-electron chi connectivity index (χ3n) is 5.65. The molecule has 0 aliphatic carbocycles. The minimum Gasteiger partial charge on any atom is -0.497 e. The number of hydrogen-bond acceptors (Lipinski definition) is 5. The Balaban J connectivity index is 1.65. The zero-order chi connectivity index (χ0) is 21.5. The lowest BCUT2D eigenvalue weighted by Crippen LogP contribution is -2.39. The van der Waals surface area contributed by atoms with Crippen LogP contribution in [0, 0.1) is 0 Å². The van der Waals surface area contributed by atoms with Crippen LogP contribution < -0.4 is 19.7 Å². The Hall–Kier alpha value is -2.96. The van der Waals surface area contributed by atoms with Crippen molar-refractivity contribution < 1.29 is 14.3 Å². The first-order valence-electron chi connectivity index (χ1n) is 10.6. The van der Waals surface area contributed by atoms with Crippen LogP contribution in [0.1, 0.15) is 43.9 Å². The van der Waals surface area contributed by atoms with Gasteiger partial charge in [-0.05, 0) is 50.5 Å². The van der Waals surface area contributed by atoms with E-state index in [1.807, 2.05) is 41.4 Å². The summed E-state index contributed by atoms with van der Waals surface area (Å²) in [4.78, 5) is 21.5. The van der Waals surface area contributed by atoms with Crippen LogP contribution in [0.5, 0.6) is 11.5 Å². The van der Waals surface area contributed by atoms with Crippen molar-refractivity contribution in [2.75, 3.05) is 38.8 Å². The summed E-state index contributed by atoms with van der Waals surface area (Å²) in [7, 11) is 3.28. The molecular formula is C23H32N4O3. The molecule has 0 saturated carbocycles. The third-order valence-corrected chi connectivity index (χ3v) is 5.65. The summed E-state index contributed by atoms with van der Waals surface area (Å²) in [6.45, 7) is 7.25. The van der Waals surface area contributed by atoms with Crippen LogP contribution in [0.3, 0.4) is 0 Å². The molecule has 7 nitrogen and oxygen atoms in total. The number of carbonyl (C=O) groups is 1. The van der Waals surface area contributed by atoms with Gasteiger partial charge in [0.25, 0.3) is 0 Å². The Bertz CT molecular complexity index is 837. The molecule has 3 rings (SSSR count). The molecule has 2 amide bonds. The van der Waals surface area contributed by atoms with Gasteiger partial charge in [-0.25, -0.2) is 9.78 Å². The number of nitrogens with zero attached hydrogens (tertiary/aromatic N) is 3. The van der Waals surface area contributed by atoms with E-state index in [0.717, 1.165) is 60.9 Å². The fourth-order valence-electron chi connectivity index (χ4n) is 3.96. The number of methoxy groups -OCH3 is 2. The second kappa shape index (κ2) is 10.2. The smallest absolute Gasteiger partial charge is 0.318 e. The molecule has 7 heteroatoms. The monoisotopic (exact) mass is 412 g/mol. The van der Waals surface area contributed by atoms with Gasteiger partial charge in [-0.3, -0.25) is 0 Å². The molecule has 2 heterocycles. The predicted molar refractivity (Wildman–Crippen MR) is 118 cm³/mol. The number of likely N-dealkylation sites (tertiary alicyclic amines) is 1. The van der Waals surface area contributed by atoms with Gasteiger partial charge in [0.05, 0.1) is 20.3 Å². The van der Waals surface area contributed by atoms with Crippen molar-refractivity contribution in [3.05, 3.63) is 47.7 Å². The molecule has 1 aliphatic heterocycles. The van der Waals surface area contributed by atoms with Gasteiger partial charge in [0.1, 0.15) is 17.3 Å². The number of rotatable bonds is 8. The molecule has 1 aromatic carbocycles. The average Bonchev–Trinajstić information content (AvgIpc) is 3.28. The zero-order valence-electron chi connectivity index (χ0n) is 18.4.